The predicted octanol–water partition coefficient (Wildman–Crippen LogP) is 5.21. The summed E-state index contributed by atoms with van der Waals surface area (Å²) in [6.07, 6.45) is 1.12. The molecule has 0 radical (unpaired) electrons. The smallest absolute Gasteiger partial charge is 0.126 e. The van der Waals surface area contributed by atoms with Crippen molar-refractivity contribution >= 4 is 5.69 Å². The van der Waals surface area contributed by atoms with Crippen molar-refractivity contribution in [2.45, 2.75) is 25.9 Å². The maximum atomic E-state index is 5.61. The van der Waals surface area contributed by atoms with Gasteiger partial charge in [0.1, 0.15) is 11.5 Å². The molecule has 0 fully saturated rings. The number of methoxy groups -OCH3 is 2. The lowest BCUT2D eigenvalue weighted by atomic mass is 9.98. The van der Waals surface area contributed by atoms with E-state index in [9.17, 15) is 0 Å². The average Bonchev–Trinajstić information content (AvgIpc) is 3.18. The number of nitrogens with zero attached hydrogens (tertiary/aromatic N) is 1. The van der Waals surface area contributed by atoms with Crippen LogP contribution in [-0.2, 0) is 13.0 Å². The van der Waals surface area contributed by atoms with E-state index in [0.29, 0.717) is 0 Å². The topological polar surface area (TPSA) is 33.7 Å². The third-order valence-electron chi connectivity index (χ3n) is 6.04. The van der Waals surface area contributed by atoms with Gasteiger partial charge in [0.2, 0.25) is 0 Å². The second kappa shape index (κ2) is 8.80. The molecule has 30 heavy (non-hydrogen) atoms. The number of nitrogens with one attached hydrogen (secondary N) is 1. The summed E-state index contributed by atoms with van der Waals surface area (Å²) in [5.41, 5.74) is 7.70. The zero-order chi connectivity index (χ0) is 21.1. The summed E-state index contributed by atoms with van der Waals surface area (Å²) in [6, 6.07) is 21.4. The Hall–Kier alpha value is -2.98. The zero-order valence-electron chi connectivity index (χ0n) is 18.2. The first kappa shape index (κ1) is 20.3. The Kier molecular flexibility index (Phi) is 5.96. The monoisotopic (exact) mass is 402 g/mol. The highest BCUT2D eigenvalue weighted by Crippen LogP contribution is 2.34. The number of anilines is 1. The fourth-order valence-electron chi connectivity index (χ4n) is 4.27. The lowest BCUT2D eigenvalue weighted by Crippen LogP contribution is -2.19. The van der Waals surface area contributed by atoms with Crippen molar-refractivity contribution < 1.29 is 9.47 Å². The molecule has 0 aromatic heterocycles. The fourth-order valence-corrected chi connectivity index (χ4v) is 4.27. The van der Waals surface area contributed by atoms with Crippen LogP contribution in [0.1, 0.15) is 29.7 Å². The average molecular weight is 403 g/mol. The molecule has 1 N–H and O–H groups in total. The fraction of sp³-hybridized carbons (Fsp3) is 0.308. The van der Waals surface area contributed by atoms with Gasteiger partial charge in [-0.2, -0.15) is 0 Å². The summed E-state index contributed by atoms with van der Waals surface area (Å²) in [4.78, 5) is 2.34. The van der Waals surface area contributed by atoms with Gasteiger partial charge in [0.15, 0.2) is 0 Å². The van der Waals surface area contributed by atoms with Crippen molar-refractivity contribution in [2.24, 2.45) is 0 Å². The Labute approximate surface area is 179 Å². The molecule has 1 unspecified atom stereocenters. The van der Waals surface area contributed by atoms with Crippen LogP contribution in [0.4, 0.5) is 5.69 Å². The van der Waals surface area contributed by atoms with Crippen LogP contribution in [-0.4, -0.2) is 27.8 Å². The van der Waals surface area contributed by atoms with Crippen molar-refractivity contribution in [2.75, 3.05) is 32.7 Å². The molecule has 0 saturated heterocycles. The molecule has 0 spiro atoms. The summed E-state index contributed by atoms with van der Waals surface area (Å²) in [5, 5.41) is 3.71. The number of rotatable bonds is 7. The second-order valence-electron chi connectivity index (χ2n) is 7.88. The third kappa shape index (κ3) is 4.01. The van der Waals surface area contributed by atoms with Crippen LogP contribution in [0.5, 0.6) is 11.5 Å². The van der Waals surface area contributed by atoms with Crippen molar-refractivity contribution in [3.8, 4) is 22.6 Å². The lowest BCUT2D eigenvalue weighted by molar-refractivity contribution is 0.414. The summed E-state index contributed by atoms with van der Waals surface area (Å²) in [5.74, 6) is 1.73. The summed E-state index contributed by atoms with van der Waals surface area (Å²) >= 11 is 0. The number of benzene rings is 3. The van der Waals surface area contributed by atoms with Crippen LogP contribution in [0.25, 0.3) is 11.1 Å². The van der Waals surface area contributed by atoms with E-state index in [-0.39, 0.29) is 6.04 Å². The first-order valence-electron chi connectivity index (χ1n) is 10.5. The molecule has 3 aromatic rings. The van der Waals surface area contributed by atoms with Crippen molar-refractivity contribution in [3.05, 3.63) is 77.4 Å². The van der Waals surface area contributed by atoms with Gasteiger partial charge < -0.3 is 19.7 Å². The number of likely N-dealkylation sites (N-methyl/N-ethyl adjacent to an activating group) is 1. The minimum Gasteiger partial charge on any atom is -0.497 e. The Bertz CT molecular complexity index is 1010. The van der Waals surface area contributed by atoms with Gasteiger partial charge >= 0.3 is 0 Å². The van der Waals surface area contributed by atoms with E-state index in [1.165, 1.54) is 22.4 Å². The van der Waals surface area contributed by atoms with Gasteiger partial charge in [-0.1, -0.05) is 30.3 Å². The molecule has 0 bridgehead atoms. The summed E-state index contributed by atoms with van der Waals surface area (Å²) in [6.45, 7) is 4.15. The van der Waals surface area contributed by atoms with Gasteiger partial charge in [-0.05, 0) is 65.9 Å². The van der Waals surface area contributed by atoms with E-state index in [1.54, 1.807) is 14.2 Å². The number of ether oxygens (including phenoxy) is 2. The SMILES string of the molecule is COc1ccc(-c2cc(CNC(C)c3cccc4c3CCN4C)ccc2OC)cc1. The first-order chi connectivity index (χ1) is 14.6. The number of hydrogen-bond acceptors (Lipinski definition) is 4. The highest BCUT2D eigenvalue weighted by Gasteiger charge is 2.21. The van der Waals surface area contributed by atoms with E-state index in [4.69, 9.17) is 9.47 Å². The van der Waals surface area contributed by atoms with Crippen molar-refractivity contribution in [1.29, 1.82) is 0 Å². The standard InChI is InChI=1S/C26H30N2O2/c1-18(22-6-5-7-25-23(22)14-15-28(25)2)27-17-19-8-13-26(30-4)24(16-19)20-9-11-21(29-3)12-10-20/h5-13,16,18,27H,14-15,17H2,1-4H3. The molecule has 0 aliphatic carbocycles. The van der Waals surface area contributed by atoms with E-state index in [2.05, 4.69) is 72.7 Å². The van der Waals surface area contributed by atoms with E-state index in [1.807, 2.05) is 12.1 Å². The molecule has 4 rings (SSSR count). The Morgan fingerprint density at radius 3 is 2.53 bits per heavy atom. The van der Waals surface area contributed by atoms with Crippen LogP contribution in [0, 0.1) is 0 Å². The van der Waals surface area contributed by atoms with Crippen LogP contribution in [0.3, 0.4) is 0 Å². The Morgan fingerprint density at radius 1 is 1.00 bits per heavy atom. The highest BCUT2D eigenvalue weighted by molar-refractivity contribution is 5.71. The molecule has 1 atom stereocenters. The van der Waals surface area contributed by atoms with E-state index < -0.39 is 0 Å². The Morgan fingerprint density at radius 2 is 1.80 bits per heavy atom. The van der Waals surface area contributed by atoms with Gasteiger partial charge in [0, 0.05) is 37.4 Å². The van der Waals surface area contributed by atoms with Crippen LogP contribution >= 0.6 is 0 Å². The van der Waals surface area contributed by atoms with Crippen LogP contribution < -0.4 is 19.7 Å². The molecule has 1 aliphatic rings. The maximum Gasteiger partial charge on any atom is 0.126 e. The highest BCUT2D eigenvalue weighted by atomic mass is 16.5. The third-order valence-corrected chi connectivity index (χ3v) is 6.04. The summed E-state index contributed by atoms with van der Waals surface area (Å²) in [7, 11) is 5.57. The van der Waals surface area contributed by atoms with Gasteiger partial charge in [-0.3, -0.25) is 0 Å². The summed E-state index contributed by atoms with van der Waals surface area (Å²) < 4.78 is 10.9. The maximum absolute atomic E-state index is 5.61. The van der Waals surface area contributed by atoms with Crippen molar-refractivity contribution in [3.63, 3.8) is 0 Å². The van der Waals surface area contributed by atoms with Crippen molar-refractivity contribution in [1.82, 2.24) is 5.32 Å². The normalized spacial score (nSPS) is 13.8. The molecule has 156 valence electrons. The lowest BCUT2D eigenvalue weighted by Gasteiger charge is -2.19. The molecule has 4 heteroatoms. The largest absolute Gasteiger partial charge is 0.497 e. The minimum atomic E-state index is 0.290. The molecular weight excluding hydrogens is 372 g/mol. The van der Waals surface area contributed by atoms with Crippen LogP contribution in [0.2, 0.25) is 0 Å². The molecule has 1 heterocycles. The van der Waals surface area contributed by atoms with Gasteiger partial charge in [-0.25, -0.2) is 0 Å². The van der Waals surface area contributed by atoms with E-state index >= 15 is 0 Å². The van der Waals surface area contributed by atoms with Crippen LogP contribution in [0.15, 0.2) is 60.7 Å². The van der Waals surface area contributed by atoms with Gasteiger partial charge in [0.05, 0.1) is 14.2 Å². The van der Waals surface area contributed by atoms with Gasteiger partial charge in [-0.15, -0.1) is 0 Å². The van der Waals surface area contributed by atoms with Gasteiger partial charge in [0.25, 0.3) is 0 Å². The van der Waals surface area contributed by atoms with E-state index in [0.717, 1.165) is 42.1 Å². The number of fused-ring (bicyclic) bond motifs is 1. The molecule has 0 saturated carbocycles. The minimum absolute atomic E-state index is 0.290. The first-order valence-corrected chi connectivity index (χ1v) is 10.5. The molecule has 4 nitrogen and oxygen atoms in total. The molecule has 0 amide bonds. The molecule has 1 aliphatic heterocycles. The Balaban J connectivity index is 1.53. The number of hydrogen-bond donors (Lipinski definition) is 1. The molecular formula is C26H30N2O2. The molecule has 3 aromatic carbocycles. The zero-order valence-corrected chi connectivity index (χ0v) is 18.2. The predicted molar refractivity (Wildman–Crippen MR) is 124 cm³/mol. The second-order valence-corrected chi connectivity index (χ2v) is 7.88. The quantitative estimate of drug-likeness (QED) is 0.588.